The molecule has 15 heavy (non-hydrogen) atoms. The van der Waals surface area contributed by atoms with E-state index in [9.17, 15) is 8.78 Å². The highest BCUT2D eigenvalue weighted by Crippen LogP contribution is 2.31. The van der Waals surface area contributed by atoms with Gasteiger partial charge < -0.3 is 5.73 Å². The van der Waals surface area contributed by atoms with Crippen LogP contribution in [-0.4, -0.2) is 6.54 Å². The molecule has 0 aromatic heterocycles. The molecule has 0 unspecified atom stereocenters. The fourth-order valence-electron chi connectivity index (χ4n) is 1.50. The number of halogens is 2. The Hall–Kier alpha value is -0.960. The van der Waals surface area contributed by atoms with E-state index in [0.717, 1.165) is 5.56 Å². The highest BCUT2D eigenvalue weighted by Gasteiger charge is 2.31. The summed E-state index contributed by atoms with van der Waals surface area (Å²) in [6, 6.07) is 5.18. The maximum Gasteiger partial charge on any atom is 0.285 e. The minimum atomic E-state index is -2.92. The molecule has 3 heteroatoms. The molecule has 0 saturated heterocycles. The van der Waals surface area contributed by atoms with E-state index in [1.807, 2.05) is 19.9 Å². The van der Waals surface area contributed by atoms with Crippen LogP contribution in [0.25, 0.3) is 0 Å². The van der Waals surface area contributed by atoms with Crippen LogP contribution in [0, 0.1) is 6.92 Å². The van der Waals surface area contributed by atoms with Crippen LogP contribution < -0.4 is 5.73 Å². The number of rotatable bonds is 3. The minimum absolute atomic E-state index is 0.0520. The van der Waals surface area contributed by atoms with Crippen LogP contribution >= 0.6 is 0 Å². The summed E-state index contributed by atoms with van der Waals surface area (Å²) in [6.45, 7) is 5.00. The Labute approximate surface area is 89.3 Å². The summed E-state index contributed by atoms with van der Waals surface area (Å²) in [4.78, 5) is 0. The van der Waals surface area contributed by atoms with Crippen LogP contribution in [0.1, 0.15) is 36.5 Å². The van der Waals surface area contributed by atoms with Crippen LogP contribution in [0.3, 0.4) is 0 Å². The first-order chi connectivity index (χ1) is 6.88. The lowest BCUT2D eigenvalue weighted by molar-refractivity contribution is 0.00524. The molecule has 0 fully saturated rings. The largest absolute Gasteiger partial charge is 0.325 e. The van der Waals surface area contributed by atoms with Crippen molar-refractivity contribution >= 4 is 0 Å². The van der Waals surface area contributed by atoms with Crippen molar-refractivity contribution in [1.82, 2.24) is 0 Å². The van der Waals surface area contributed by atoms with Gasteiger partial charge in [0.2, 0.25) is 0 Å². The topological polar surface area (TPSA) is 26.0 Å². The van der Waals surface area contributed by atoms with Gasteiger partial charge in [-0.15, -0.1) is 0 Å². The van der Waals surface area contributed by atoms with Crippen molar-refractivity contribution < 1.29 is 8.78 Å². The van der Waals surface area contributed by atoms with Crippen molar-refractivity contribution in [2.24, 2.45) is 5.73 Å². The second-order valence-corrected chi connectivity index (χ2v) is 4.14. The Kier molecular flexibility index (Phi) is 3.45. The third-order valence-electron chi connectivity index (χ3n) is 2.58. The standard InChI is InChI=1S/C12H17F2N/c1-8(2)10-5-4-9(3)11(6-10)12(13,14)7-15/h4-6,8H,7,15H2,1-3H3. The highest BCUT2D eigenvalue weighted by molar-refractivity contribution is 5.35. The summed E-state index contributed by atoms with van der Waals surface area (Å²) >= 11 is 0. The molecule has 0 heterocycles. The molecule has 0 bridgehead atoms. The van der Waals surface area contributed by atoms with Crippen LogP contribution in [0.2, 0.25) is 0 Å². The second kappa shape index (κ2) is 4.27. The lowest BCUT2D eigenvalue weighted by Gasteiger charge is -2.18. The SMILES string of the molecule is Cc1ccc(C(C)C)cc1C(F)(F)CN. The van der Waals surface area contributed by atoms with E-state index < -0.39 is 12.5 Å². The predicted octanol–water partition coefficient (Wildman–Crippen LogP) is 3.17. The van der Waals surface area contributed by atoms with Crippen molar-refractivity contribution in [3.05, 3.63) is 34.9 Å². The molecule has 84 valence electrons. The Morgan fingerprint density at radius 2 is 1.93 bits per heavy atom. The molecule has 1 aromatic carbocycles. The molecule has 0 saturated carbocycles. The fourth-order valence-corrected chi connectivity index (χ4v) is 1.50. The first-order valence-corrected chi connectivity index (χ1v) is 5.07. The highest BCUT2D eigenvalue weighted by atomic mass is 19.3. The van der Waals surface area contributed by atoms with Crippen molar-refractivity contribution in [2.75, 3.05) is 6.54 Å². The van der Waals surface area contributed by atoms with Gasteiger partial charge in [-0.05, 0) is 30.0 Å². The van der Waals surface area contributed by atoms with Crippen molar-refractivity contribution in [3.8, 4) is 0 Å². The number of aryl methyl sites for hydroxylation is 1. The zero-order valence-electron chi connectivity index (χ0n) is 9.35. The third-order valence-corrected chi connectivity index (χ3v) is 2.58. The molecule has 0 amide bonds. The monoisotopic (exact) mass is 213 g/mol. The average molecular weight is 213 g/mol. The molecular weight excluding hydrogens is 196 g/mol. The van der Waals surface area contributed by atoms with E-state index in [-0.39, 0.29) is 11.5 Å². The normalized spacial score (nSPS) is 12.2. The molecule has 1 rings (SSSR count). The van der Waals surface area contributed by atoms with Gasteiger partial charge in [0.1, 0.15) is 0 Å². The van der Waals surface area contributed by atoms with E-state index in [0.29, 0.717) is 5.56 Å². The van der Waals surface area contributed by atoms with Gasteiger partial charge in [-0.3, -0.25) is 0 Å². The molecule has 0 aliphatic carbocycles. The van der Waals surface area contributed by atoms with Gasteiger partial charge >= 0.3 is 0 Å². The lowest BCUT2D eigenvalue weighted by atomic mass is 9.95. The van der Waals surface area contributed by atoms with Gasteiger partial charge in [0.15, 0.2) is 0 Å². The third kappa shape index (κ3) is 2.53. The smallest absolute Gasteiger partial charge is 0.285 e. The van der Waals surface area contributed by atoms with E-state index in [1.54, 1.807) is 19.1 Å². The van der Waals surface area contributed by atoms with E-state index in [1.165, 1.54) is 0 Å². The van der Waals surface area contributed by atoms with Crippen LogP contribution in [-0.2, 0) is 5.92 Å². The van der Waals surface area contributed by atoms with Gasteiger partial charge in [0, 0.05) is 5.56 Å². The number of alkyl halides is 2. The Bertz CT molecular complexity index is 345. The van der Waals surface area contributed by atoms with E-state index in [4.69, 9.17) is 5.73 Å². The molecule has 0 spiro atoms. The number of benzene rings is 1. The fraction of sp³-hybridized carbons (Fsp3) is 0.500. The average Bonchev–Trinajstić information content (AvgIpc) is 2.17. The van der Waals surface area contributed by atoms with Gasteiger partial charge in [0.25, 0.3) is 5.92 Å². The van der Waals surface area contributed by atoms with E-state index in [2.05, 4.69) is 0 Å². The second-order valence-electron chi connectivity index (χ2n) is 4.14. The first-order valence-electron chi connectivity index (χ1n) is 5.07. The zero-order chi connectivity index (χ0) is 11.6. The molecule has 0 atom stereocenters. The Morgan fingerprint density at radius 3 is 2.40 bits per heavy atom. The van der Waals surface area contributed by atoms with E-state index >= 15 is 0 Å². The minimum Gasteiger partial charge on any atom is -0.325 e. The first kappa shape index (κ1) is 12.1. The quantitative estimate of drug-likeness (QED) is 0.820. The molecule has 1 nitrogen and oxygen atoms in total. The molecule has 0 aliphatic rings. The summed E-state index contributed by atoms with van der Waals surface area (Å²) in [5.74, 6) is -2.67. The maximum atomic E-state index is 13.5. The molecule has 1 aromatic rings. The summed E-state index contributed by atoms with van der Waals surface area (Å²) < 4.78 is 26.9. The van der Waals surface area contributed by atoms with Crippen LogP contribution in [0.4, 0.5) is 8.78 Å². The summed E-state index contributed by atoms with van der Waals surface area (Å²) in [5, 5.41) is 0. The molecule has 0 aliphatic heterocycles. The number of hydrogen-bond donors (Lipinski definition) is 1. The van der Waals surface area contributed by atoms with Gasteiger partial charge in [0.05, 0.1) is 6.54 Å². The van der Waals surface area contributed by atoms with Gasteiger partial charge in [-0.1, -0.05) is 26.0 Å². The van der Waals surface area contributed by atoms with Gasteiger partial charge in [-0.2, -0.15) is 8.78 Å². The maximum absolute atomic E-state index is 13.5. The Balaban J connectivity index is 3.22. The molecule has 0 radical (unpaired) electrons. The van der Waals surface area contributed by atoms with Crippen molar-refractivity contribution in [1.29, 1.82) is 0 Å². The molecule has 2 N–H and O–H groups in total. The summed E-state index contributed by atoms with van der Waals surface area (Å²) in [7, 11) is 0. The zero-order valence-corrected chi connectivity index (χ0v) is 9.35. The Morgan fingerprint density at radius 1 is 1.33 bits per heavy atom. The van der Waals surface area contributed by atoms with Crippen LogP contribution in [0.15, 0.2) is 18.2 Å². The number of hydrogen-bond acceptors (Lipinski definition) is 1. The summed E-state index contributed by atoms with van der Waals surface area (Å²) in [6.07, 6.45) is 0. The summed E-state index contributed by atoms with van der Waals surface area (Å²) in [5.41, 5.74) is 6.65. The van der Waals surface area contributed by atoms with Crippen LogP contribution in [0.5, 0.6) is 0 Å². The van der Waals surface area contributed by atoms with Crippen molar-refractivity contribution in [3.63, 3.8) is 0 Å². The lowest BCUT2D eigenvalue weighted by Crippen LogP contribution is -2.26. The molecular formula is C12H17F2N. The predicted molar refractivity (Wildman–Crippen MR) is 58.2 cm³/mol. The van der Waals surface area contributed by atoms with Crippen molar-refractivity contribution in [2.45, 2.75) is 32.6 Å². The number of nitrogens with two attached hydrogens (primary N) is 1. The van der Waals surface area contributed by atoms with Gasteiger partial charge in [-0.25, -0.2) is 0 Å².